The first-order chi connectivity index (χ1) is 16.5. The van der Waals surface area contributed by atoms with Crippen LogP contribution in [-0.4, -0.2) is 42.7 Å². The Morgan fingerprint density at radius 2 is 1.88 bits per heavy atom. The summed E-state index contributed by atoms with van der Waals surface area (Å²) >= 11 is 0. The minimum Gasteiger partial charge on any atom is -0.507 e. The number of fused-ring (bicyclic) bond motifs is 4. The summed E-state index contributed by atoms with van der Waals surface area (Å²) < 4.78 is 12.0. The largest absolute Gasteiger partial charge is 0.507 e. The van der Waals surface area contributed by atoms with Crippen molar-refractivity contribution in [1.82, 2.24) is 4.90 Å². The number of benzene rings is 3. The summed E-state index contributed by atoms with van der Waals surface area (Å²) in [6, 6.07) is 17.0. The molecular formula is C29H27NO4. The highest BCUT2D eigenvalue weighted by atomic mass is 16.5. The molecule has 1 N–H and O–H groups in total. The average molecular weight is 454 g/mol. The van der Waals surface area contributed by atoms with Crippen LogP contribution in [0, 0.1) is 0 Å². The molecule has 0 amide bonds. The summed E-state index contributed by atoms with van der Waals surface area (Å²) in [5.41, 5.74) is 3.32. The van der Waals surface area contributed by atoms with E-state index in [0.29, 0.717) is 34.8 Å². The number of hydrogen-bond acceptors (Lipinski definition) is 5. The lowest BCUT2D eigenvalue weighted by Crippen LogP contribution is -2.27. The van der Waals surface area contributed by atoms with Crippen LogP contribution in [0.1, 0.15) is 34.8 Å². The first-order valence-electron chi connectivity index (χ1n) is 11.5. The van der Waals surface area contributed by atoms with Crippen LogP contribution >= 0.6 is 0 Å². The summed E-state index contributed by atoms with van der Waals surface area (Å²) in [4.78, 5) is 15.1. The molecule has 3 aromatic carbocycles. The Labute approximate surface area is 199 Å². The number of rotatable bonds is 5. The molecule has 34 heavy (non-hydrogen) atoms. The lowest BCUT2D eigenvalue weighted by atomic mass is 9.83. The Morgan fingerprint density at radius 3 is 2.68 bits per heavy atom. The van der Waals surface area contributed by atoms with E-state index in [2.05, 4.69) is 17.1 Å². The molecule has 5 nitrogen and oxygen atoms in total. The van der Waals surface area contributed by atoms with Crippen molar-refractivity contribution < 1.29 is 19.4 Å². The molecule has 0 fully saturated rings. The van der Waals surface area contributed by atoms with Crippen molar-refractivity contribution in [2.24, 2.45) is 0 Å². The zero-order chi connectivity index (χ0) is 23.8. The van der Waals surface area contributed by atoms with Crippen LogP contribution in [0.4, 0.5) is 0 Å². The van der Waals surface area contributed by atoms with Gasteiger partial charge in [0.1, 0.15) is 17.3 Å². The van der Waals surface area contributed by atoms with Gasteiger partial charge in [0.25, 0.3) is 0 Å². The molecule has 0 saturated carbocycles. The number of aromatic hydroxyl groups is 1. The molecule has 0 spiro atoms. The molecule has 0 saturated heterocycles. The van der Waals surface area contributed by atoms with Crippen LogP contribution in [0.5, 0.6) is 11.5 Å². The Morgan fingerprint density at radius 1 is 1.12 bits per heavy atom. The number of esters is 1. The fourth-order valence-electron chi connectivity index (χ4n) is 4.52. The van der Waals surface area contributed by atoms with E-state index in [1.165, 1.54) is 0 Å². The van der Waals surface area contributed by atoms with Crippen LogP contribution in [0.15, 0.2) is 84.2 Å². The number of phenols is 1. The van der Waals surface area contributed by atoms with E-state index in [-0.39, 0.29) is 17.8 Å². The number of ether oxygens (including phenoxy) is 2. The van der Waals surface area contributed by atoms with Gasteiger partial charge in [-0.2, -0.15) is 0 Å². The number of hydrogen-bond donors (Lipinski definition) is 1. The van der Waals surface area contributed by atoms with E-state index in [1.807, 2.05) is 69.6 Å². The van der Waals surface area contributed by atoms with Crippen LogP contribution in [0.3, 0.4) is 0 Å². The van der Waals surface area contributed by atoms with Crippen molar-refractivity contribution in [2.75, 3.05) is 20.7 Å². The highest BCUT2D eigenvalue weighted by Gasteiger charge is 2.33. The molecule has 0 radical (unpaired) electrons. The predicted octanol–water partition coefficient (Wildman–Crippen LogP) is 5.69. The minimum atomic E-state index is -0.379. The Balaban J connectivity index is 1.81. The standard InChI is InChI=1S/C29H27NO4/c1-4-15-33-29(32)22-12-8-7-11-21(22)26-23-14-13-19(30(2)3)17-25(23)34-28-20-10-6-5-9-18(20)16-24(31)27(26)28/h5-14,16-17,19,31H,4,15H2,1-3H3. The lowest BCUT2D eigenvalue weighted by Gasteiger charge is -2.31. The molecule has 5 rings (SSSR count). The molecule has 1 heterocycles. The third-order valence-corrected chi connectivity index (χ3v) is 6.21. The molecule has 172 valence electrons. The lowest BCUT2D eigenvalue weighted by molar-refractivity contribution is 0.0504. The number of phenolic OH excluding ortho intramolecular Hbond substituents is 1. The van der Waals surface area contributed by atoms with E-state index in [0.717, 1.165) is 28.3 Å². The van der Waals surface area contributed by atoms with Crippen molar-refractivity contribution in [1.29, 1.82) is 0 Å². The van der Waals surface area contributed by atoms with Crippen molar-refractivity contribution in [3.63, 3.8) is 0 Å². The van der Waals surface area contributed by atoms with Gasteiger partial charge in [-0.3, -0.25) is 4.90 Å². The summed E-state index contributed by atoms with van der Waals surface area (Å²) in [5.74, 6) is 1.02. The van der Waals surface area contributed by atoms with Crippen molar-refractivity contribution in [3.8, 4) is 11.5 Å². The molecule has 5 heteroatoms. The molecule has 1 atom stereocenters. The quantitative estimate of drug-likeness (QED) is 0.503. The van der Waals surface area contributed by atoms with Crippen LogP contribution in [0.25, 0.3) is 16.3 Å². The van der Waals surface area contributed by atoms with Crippen molar-refractivity contribution >= 4 is 22.3 Å². The maximum atomic E-state index is 13.0. The molecule has 0 bridgehead atoms. The van der Waals surface area contributed by atoms with Gasteiger partial charge in [0.15, 0.2) is 0 Å². The van der Waals surface area contributed by atoms with E-state index in [1.54, 1.807) is 12.1 Å². The minimum absolute atomic E-state index is 0.0647. The molecular weight excluding hydrogens is 426 g/mol. The molecule has 0 aromatic heterocycles. The van der Waals surface area contributed by atoms with Gasteiger partial charge in [-0.25, -0.2) is 4.79 Å². The topological polar surface area (TPSA) is 59.0 Å². The maximum absolute atomic E-state index is 13.0. The number of nitrogens with zero attached hydrogens (tertiary/aromatic N) is 1. The fourth-order valence-corrected chi connectivity index (χ4v) is 4.52. The zero-order valence-corrected chi connectivity index (χ0v) is 19.5. The van der Waals surface area contributed by atoms with E-state index < -0.39 is 0 Å². The second-order valence-corrected chi connectivity index (χ2v) is 8.74. The number of carbonyl (C=O) groups is 1. The summed E-state index contributed by atoms with van der Waals surface area (Å²) in [5, 5.41) is 13.0. The van der Waals surface area contributed by atoms with Gasteiger partial charge in [0.2, 0.25) is 0 Å². The fraction of sp³-hybridized carbons (Fsp3) is 0.207. The second kappa shape index (κ2) is 8.84. The first-order valence-corrected chi connectivity index (χ1v) is 11.5. The van der Waals surface area contributed by atoms with Gasteiger partial charge in [-0.1, -0.05) is 61.5 Å². The van der Waals surface area contributed by atoms with E-state index in [4.69, 9.17) is 9.47 Å². The molecule has 1 aliphatic heterocycles. The van der Waals surface area contributed by atoms with E-state index in [9.17, 15) is 9.90 Å². The SMILES string of the molecule is CCCOC(=O)c1ccccc1C1=C2C=CC(N(C)C)C=C2Oc2c1c(O)cc1ccccc21. The van der Waals surface area contributed by atoms with Crippen LogP contribution < -0.4 is 4.74 Å². The third-order valence-electron chi connectivity index (χ3n) is 6.21. The summed E-state index contributed by atoms with van der Waals surface area (Å²) in [6.45, 7) is 2.32. The zero-order valence-electron chi connectivity index (χ0n) is 19.5. The van der Waals surface area contributed by atoms with Crippen molar-refractivity contribution in [3.05, 3.63) is 101 Å². The maximum Gasteiger partial charge on any atom is 0.338 e. The Bertz CT molecular complexity index is 1380. The highest BCUT2D eigenvalue weighted by Crippen LogP contribution is 2.50. The number of allylic oxidation sites excluding steroid dienone is 1. The Hall–Kier alpha value is -3.83. The third kappa shape index (κ3) is 3.68. The van der Waals surface area contributed by atoms with Gasteiger partial charge in [-0.05, 0) is 49.7 Å². The number of carbonyl (C=O) groups excluding carboxylic acids is 1. The van der Waals surface area contributed by atoms with Crippen molar-refractivity contribution in [2.45, 2.75) is 19.4 Å². The molecule has 2 aliphatic rings. The van der Waals surface area contributed by atoms with Gasteiger partial charge in [0.05, 0.1) is 17.7 Å². The average Bonchev–Trinajstić information content (AvgIpc) is 2.85. The monoisotopic (exact) mass is 453 g/mol. The summed E-state index contributed by atoms with van der Waals surface area (Å²) in [7, 11) is 4.03. The molecule has 1 aliphatic carbocycles. The predicted molar refractivity (Wildman–Crippen MR) is 134 cm³/mol. The molecule has 3 aromatic rings. The Kier molecular flexibility index (Phi) is 5.72. The van der Waals surface area contributed by atoms with E-state index >= 15 is 0 Å². The highest BCUT2D eigenvalue weighted by molar-refractivity contribution is 6.06. The number of likely N-dealkylation sites (N-methyl/N-ethyl adjacent to an activating group) is 1. The van der Waals surface area contributed by atoms with Crippen LogP contribution in [0.2, 0.25) is 0 Å². The second-order valence-electron chi connectivity index (χ2n) is 8.74. The van der Waals surface area contributed by atoms with Gasteiger partial charge in [0, 0.05) is 22.6 Å². The van der Waals surface area contributed by atoms with Gasteiger partial charge >= 0.3 is 5.97 Å². The summed E-state index contributed by atoms with van der Waals surface area (Å²) in [6.07, 6.45) is 6.91. The normalized spacial score (nSPS) is 16.7. The smallest absolute Gasteiger partial charge is 0.338 e. The van der Waals surface area contributed by atoms with Crippen LogP contribution in [-0.2, 0) is 4.74 Å². The first kappa shape index (κ1) is 22.0. The molecule has 1 unspecified atom stereocenters. The van der Waals surface area contributed by atoms with Gasteiger partial charge in [-0.15, -0.1) is 0 Å². The van der Waals surface area contributed by atoms with Gasteiger partial charge < -0.3 is 14.6 Å².